The summed E-state index contributed by atoms with van der Waals surface area (Å²) in [5.74, 6) is 1.44. The van der Waals surface area contributed by atoms with E-state index in [0.717, 1.165) is 22.4 Å². The Balaban J connectivity index is 1.94. The smallest absolute Gasteiger partial charge is 0.135 e. The van der Waals surface area contributed by atoms with Crippen LogP contribution in [-0.2, 0) is 6.42 Å². The Bertz CT molecular complexity index is 805. The maximum atomic E-state index is 6.01. The number of hydrogen-bond acceptors (Lipinski definition) is 3. The zero-order chi connectivity index (χ0) is 14.8. The number of aromatic nitrogens is 2. The van der Waals surface area contributed by atoms with Gasteiger partial charge in [-0.3, -0.25) is 0 Å². The predicted molar refractivity (Wildman–Crippen MR) is 91.4 cm³/mol. The topological polar surface area (TPSA) is 37.8 Å². The Hall–Kier alpha value is -1.65. The number of halogens is 2. The maximum Gasteiger partial charge on any atom is 0.135 e. The van der Waals surface area contributed by atoms with Crippen LogP contribution in [0.4, 0.5) is 11.5 Å². The van der Waals surface area contributed by atoms with Crippen molar-refractivity contribution in [1.82, 2.24) is 9.97 Å². The largest absolute Gasteiger partial charge is 0.340 e. The van der Waals surface area contributed by atoms with Crippen LogP contribution < -0.4 is 5.32 Å². The number of benzene rings is 2. The van der Waals surface area contributed by atoms with Crippen molar-refractivity contribution in [2.24, 2.45) is 0 Å². The van der Waals surface area contributed by atoms with Crippen LogP contribution in [0.3, 0.4) is 0 Å². The first-order valence-electron chi connectivity index (χ1n) is 6.64. The Kier molecular flexibility index (Phi) is 4.08. The molecule has 5 heteroatoms. The molecule has 0 atom stereocenters. The van der Waals surface area contributed by atoms with Gasteiger partial charge in [0.25, 0.3) is 0 Å². The lowest BCUT2D eigenvalue weighted by molar-refractivity contribution is 0.943. The minimum Gasteiger partial charge on any atom is -0.340 e. The Morgan fingerprint density at radius 1 is 1.05 bits per heavy atom. The van der Waals surface area contributed by atoms with Crippen molar-refractivity contribution in [2.45, 2.75) is 13.3 Å². The Morgan fingerprint density at radius 3 is 2.62 bits per heavy atom. The quantitative estimate of drug-likeness (QED) is 0.638. The number of rotatable bonds is 3. The second-order valence-corrected chi connectivity index (χ2v) is 5.98. The summed E-state index contributed by atoms with van der Waals surface area (Å²) < 4.78 is 1.07. The highest BCUT2D eigenvalue weighted by molar-refractivity contribution is 9.10. The average molecular weight is 363 g/mol. The summed E-state index contributed by atoms with van der Waals surface area (Å²) in [7, 11) is 0. The van der Waals surface area contributed by atoms with E-state index < -0.39 is 0 Å². The summed E-state index contributed by atoms with van der Waals surface area (Å²) >= 11 is 9.49. The third-order valence-electron chi connectivity index (χ3n) is 3.13. The summed E-state index contributed by atoms with van der Waals surface area (Å²) in [5.41, 5.74) is 0.974. The fourth-order valence-corrected chi connectivity index (χ4v) is 2.71. The first kappa shape index (κ1) is 14.3. The molecule has 3 rings (SSSR count). The van der Waals surface area contributed by atoms with E-state index in [9.17, 15) is 0 Å². The van der Waals surface area contributed by atoms with Crippen LogP contribution in [0.2, 0.25) is 5.15 Å². The zero-order valence-corrected chi connectivity index (χ0v) is 13.7. The van der Waals surface area contributed by atoms with Crippen molar-refractivity contribution in [3.05, 3.63) is 57.9 Å². The van der Waals surface area contributed by atoms with Crippen LogP contribution >= 0.6 is 27.5 Å². The van der Waals surface area contributed by atoms with Crippen LogP contribution in [0.5, 0.6) is 0 Å². The molecule has 0 spiro atoms. The molecule has 1 N–H and O–H groups in total. The molecule has 0 saturated carbocycles. The van der Waals surface area contributed by atoms with E-state index >= 15 is 0 Å². The third-order valence-corrected chi connectivity index (χ3v) is 3.82. The van der Waals surface area contributed by atoms with E-state index in [1.807, 2.05) is 19.1 Å². The molecular formula is C16H13BrClN3. The molecular weight excluding hydrogens is 350 g/mol. The van der Waals surface area contributed by atoms with E-state index in [1.165, 1.54) is 10.8 Å². The van der Waals surface area contributed by atoms with Gasteiger partial charge in [-0.2, -0.15) is 0 Å². The van der Waals surface area contributed by atoms with Gasteiger partial charge in [0.2, 0.25) is 0 Å². The molecule has 0 amide bonds. The van der Waals surface area contributed by atoms with Gasteiger partial charge < -0.3 is 5.32 Å². The molecule has 0 radical (unpaired) electrons. The minimum atomic E-state index is 0.453. The molecule has 0 aliphatic rings. The molecule has 3 aromatic rings. The van der Waals surface area contributed by atoms with Crippen LogP contribution in [0.15, 0.2) is 46.9 Å². The number of nitrogens with zero attached hydrogens (tertiary/aromatic N) is 2. The van der Waals surface area contributed by atoms with Crippen molar-refractivity contribution < 1.29 is 0 Å². The number of fused-ring (bicyclic) bond motifs is 1. The summed E-state index contributed by atoms with van der Waals surface area (Å²) in [6, 6.07) is 14.1. The number of nitrogens with one attached hydrogen (secondary N) is 1. The van der Waals surface area contributed by atoms with Crippen LogP contribution in [-0.4, -0.2) is 9.97 Å². The van der Waals surface area contributed by atoms with Gasteiger partial charge in [0, 0.05) is 22.6 Å². The first-order valence-corrected chi connectivity index (χ1v) is 7.81. The maximum absolute atomic E-state index is 6.01. The Morgan fingerprint density at radius 2 is 1.81 bits per heavy atom. The van der Waals surface area contributed by atoms with Crippen molar-refractivity contribution in [3.8, 4) is 0 Å². The highest BCUT2D eigenvalue weighted by atomic mass is 79.9. The van der Waals surface area contributed by atoms with E-state index in [4.69, 9.17) is 11.6 Å². The van der Waals surface area contributed by atoms with Gasteiger partial charge >= 0.3 is 0 Å². The molecule has 0 unspecified atom stereocenters. The van der Waals surface area contributed by atoms with Crippen molar-refractivity contribution in [3.63, 3.8) is 0 Å². The molecule has 106 valence electrons. The summed E-state index contributed by atoms with van der Waals surface area (Å²) in [5, 5.41) is 6.08. The van der Waals surface area contributed by atoms with Crippen LogP contribution in [0.1, 0.15) is 12.7 Å². The van der Waals surface area contributed by atoms with Crippen LogP contribution in [0, 0.1) is 0 Å². The second-order valence-electron chi connectivity index (χ2n) is 4.68. The summed E-state index contributed by atoms with van der Waals surface area (Å²) in [6.45, 7) is 2.00. The fraction of sp³-hybridized carbons (Fsp3) is 0.125. The van der Waals surface area contributed by atoms with Gasteiger partial charge in [-0.05, 0) is 35.0 Å². The lowest BCUT2D eigenvalue weighted by atomic mass is 10.1. The lowest BCUT2D eigenvalue weighted by Gasteiger charge is -2.08. The number of hydrogen-bond donors (Lipinski definition) is 1. The molecule has 0 fully saturated rings. The van der Waals surface area contributed by atoms with E-state index in [0.29, 0.717) is 11.0 Å². The van der Waals surface area contributed by atoms with Crippen molar-refractivity contribution in [1.29, 1.82) is 0 Å². The minimum absolute atomic E-state index is 0.453. The zero-order valence-electron chi connectivity index (χ0n) is 11.4. The Labute approximate surface area is 136 Å². The predicted octanol–water partition coefficient (Wildman–Crippen LogP) is 5.35. The van der Waals surface area contributed by atoms with Crippen molar-refractivity contribution in [2.75, 3.05) is 5.32 Å². The molecule has 1 aromatic heterocycles. The van der Waals surface area contributed by atoms with E-state index in [2.05, 4.69) is 55.5 Å². The van der Waals surface area contributed by atoms with E-state index in [1.54, 1.807) is 6.07 Å². The summed E-state index contributed by atoms with van der Waals surface area (Å²) in [4.78, 5) is 8.59. The molecule has 0 bridgehead atoms. The average Bonchev–Trinajstić information content (AvgIpc) is 2.47. The van der Waals surface area contributed by atoms with Gasteiger partial charge in [0.1, 0.15) is 16.8 Å². The van der Waals surface area contributed by atoms with Gasteiger partial charge in [-0.25, -0.2) is 9.97 Å². The summed E-state index contributed by atoms with van der Waals surface area (Å²) in [6.07, 6.45) is 0.751. The fourth-order valence-electron chi connectivity index (χ4n) is 2.13. The highest BCUT2D eigenvalue weighted by Crippen LogP contribution is 2.25. The molecule has 3 nitrogen and oxygen atoms in total. The van der Waals surface area contributed by atoms with Gasteiger partial charge in [-0.1, -0.05) is 46.6 Å². The van der Waals surface area contributed by atoms with Gasteiger partial charge in [-0.15, -0.1) is 0 Å². The van der Waals surface area contributed by atoms with E-state index in [-0.39, 0.29) is 0 Å². The van der Waals surface area contributed by atoms with Crippen LogP contribution in [0.25, 0.3) is 10.8 Å². The van der Waals surface area contributed by atoms with Gasteiger partial charge in [0.15, 0.2) is 0 Å². The SMILES string of the molecule is CCc1nc(Cl)cc(Nc2ccc3cc(Br)ccc3c2)n1. The molecule has 1 heterocycles. The third kappa shape index (κ3) is 3.34. The number of aryl methyl sites for hydroxylation is 1. The second kappa shape index (κ2) is 6.00. The first-order chi connectivity index (χ1) is 10.1. The molecule has 0 aliphatic carbocycles. The van der Waals surface area contributed by atoms with Crippen molar-refractivity contribution >= 4 is 49.8 Å². The standard InChI is InChI=1S/C16H13BrClN3/c1-2-15-20-14(18)9-16(21-15)19-13-6-4-10-7-12(17)5-3-11(10)8-13/h3-9H,2H2,1H3,(H,19,20,21). The normalized spacial score (nSPS) is 10.8. The molecule has 0 aliphatic heterocycles. The number of anilines is 2. The molecule has 21 heavy (non-hydrogen) atoms. The molecule has 2 aromatic carbocycles. The highest BCUT2D eigenvalue weighted by Gasteiger charge is 2.03. The monoisotopic (exact) mass is 361 g/mol. The van der Waals surface area contributed by atoms with Gasteiger partial charge in [0.05, 0.1) is 0 Å². The lowest BCUT2D eigenvalue weighted by Crippen LogP contribution is -1.99. The molecule has 0 saturated heterocycles.